The maximum Gasteiger partial charge on any atom is 0.138 e. The van der Waals surface area contributed by atoms with Crippen LogP contribution in [0.3, 0.4) is 0 Å². The molecule has 0 aliphatic heterocycles. The van der Waals surface area contributed by atoms with E-state index in [1.165, 1.54) is 6.07 Å². The summed E-state index contributed by atoms with van der Waals surface area (Å²) >= 11 is 0. The van der Waals surface area contributed by atoms with Crippen LogP contribution in [0.5, 0.6) is 0 Å². The largest absolute Gasteiger partial charge is 0.358 e. The van der Waals surface area contributed by atoms with Crippen LogP contribution in [0.4, 0.5) is 10.1 Å². The van der Waals surface area contributed by atoms with Crippen LogP contribution >= 0.6 is 0 Å². The summed E-state index contributed by atoms with van der Waals surface area (Å²) in [6, 6.07) is 18.9. The van der Waals surface area contributed by atoms with Crippen molar-refractivity contribution in [2.75, 3.05) is 5.32 Å². The number of halogens is 1. The summed E-state index contributed by atoms with van der Waals surface area (Å²) in [5.41, 5.74) is 8.48. The molecule has 0 atom stereocenters. The molecule has 0 unspecified atom stereocenters. The number of fused-ring (bicyclic) bond motifs is 2. The van der Waals surface area contributed by atoms with Gasteiger partial charge >= 0.3 is 0 Å². The highest BCUT2D eigenvalue weighted by Gasteiger charge is 2.17. The van der Waals surface area contributed by atoms with Gasteiger partial charge in [0.2, 0.25) is 0 Å². The molecule has 194 valence electrons. The lowest BCUT2D eigenvalue weighted by Gasteiger charge is -2.20. The molecular weight excluding hydrogens is 487 g/mol. The van der Waals surface area contributed by atoms with E-state index in [-0.39, 0.29) is 11.2 Å². The van der Waals surface area contributed by atoms with Crippen molar-refractivity contribution in [1.82, 2.24) is 25.1 Å². The number of rotatable bonds is 6. The van der Waals surface area contributed by atoms with Crippen LogP contribution in [-0.2, 0) is 0 Å². The summed E-state index contributed by atoms with van der Waals surface area (Å²) in [5, 5.41) is 12.9. The Bertz CT molecular complexity index is 1840. The van der Waals surface area contributed by atoms with Gasteiger partial charge in [0.1, 0.15) is 17.2 Å². The van der Waals surface area contributed by atoms with Crippen molar-refractivity contribution in [2.24, 2.45) is 5.41 Å². The molecule has 0 bridgehead atoms. The average Bonchev–Trinajstić information content (AvgIpc) is 3.51. The highest BCUT2D eigenvalue weighted by Crippen LogP contribution is 2.35. The van der Waals surface area contributed by atoms with Gasteiger partial charge in [-0.25, -0.2) is 9.37 Å². The van der Waals surface area contributed by atoms with Crippen molar-refractivity contribution in [1.29, 1.82) is 0 Å². The summed E-state index contributed by atoms with van der Waals surface area (Å²) in [7, 11) is 0. The molecule has 39 heavy (non-hydrogen) atoms. The van der Waals surface area contributed by atoms with Gasteiger partial charge in [0.25, 0.3) is 0 Å². The Labute approximate surface area is 226 Å². The molecule has 6 aromatic rings. The molecule has 0 aliphatic rings. The number of aromatic amines is 2. The van der Waals surface area contributed by atoms with Crippen molar-refractivity contribution < 1.29 is 4.39 Å². The zero-order valence-corrected chi connectivity index (χ0v) is 22.1. The second-order valence-electron chi connectivity index (χ2n) is 11.0. The van der Waals surface area contributed by atoms with Crippen LogP contribution in [0.25, 0.3) is 55.6 Å². The van der Waals surface area contributed by atoms with Crippen LogP contribution < -0.4 is 5.32 Å². The lowest BCUT2D eigenvalue weighted by atomic mass is 9.91. The van der Waals surface area contributed by atoms with Crippen molar-refractivity contribution in [2.45, 2.75) is 27.2 Å². The molecule has 6 rings (SSSR count). The first-order chi connectivity index (χ1) is 18.7. The molecule has 6 nitrogen and oxygen atoms in total. The van der Waals surface area contributed by atoms with Crippen LogP contribution in [0.2, 0.25) is 0 Å². The number of aromatic nitrogens is 5. The van der Waals surface area contributed by atoms with E-state index in [1.54, 1.807) is 18.3 Å². The van der Waals surface area contributed by atoms with Crippen LogP contribution in [0.15, 0.2) is 91.5 Å². The van der Waals surface area contributed by atoms with Gasteiger partial charge in [-0.05, 0) is 59.4 Å². The average molecular weight is 517 g/mol. The molecule has 4 heterocycles. The molecule has 0 radical (unpaired) electrons. The predicted octanol–water partition coefficient (Wildman–Crippen LogP) is 8.34. The standard InChI is InChI=1S/C32H29FN6/c1-19(16-32(2,3)4)36-22-13-21(17-34-18-22)20-9-10-28-26(14-20)30(39-38-28)29-15-25-23(11-12-35-31(25)37-29)24-7-5-6-8-27(24)33/h5-15,17-18,36H,1,16H2,2-4H3,(H,35,37)(H,38,39). The SMILES string of the molecule is C=C(CC(C)(C)C)Nc1cncc(-c2ccc3[nH]nc(-c4cc5c(-c6ccccc6F)ccnc5[nH]4)c3c2)c1. The first-order valence-electron chi connectivity index (χ1n) is 12.9. The highest BCUT2D eigenvalue weighted by atomic mass is 19.1. The molecule has 0 aliphatic carbocycles. The Kier molecular flexibility index (Phi) is 5.99. The van der Waals surface area contributed by atoms with E-state index in [2.05, 4.69) is 76.0 Å². The summed E-state index contributed by atoms with van der Waals surface area (Å²) in [4.78, 5) is 12.3. The molecule has 0 saturated carbocycles. The van der Waals surface area contributed by atoms with Gasteiger partial charge in [0.05, 0.1) is 23.1 Å². The van der Waals surface area contributed by atoms with Crippen molar-refractivity contribution in [3.05, 3.63) is 97.3 Å². The Morgan fingerprint density at radius 2 is 1.79 bits per heavy atom. The Hall–Kier alpha value is -4.78. The number of benzene rings is 2. The first-order valence-corrected chi connectivity index (χ1v) is 12.9. The molecule has 0 amide bonds. The molecular formula is C32H29FN6. The van der Waals surface area contributed by atoms with E-state index in [1.807, 2.05) is 36.7 Å². The van der Waals surface area contributed by atoms with Crippen molar-refractivity contribution in [3.63, 3.8) is 0 Å². The number of hydrogen-bond acceptors (Lipinski definition) is 4. The third-order valence-corrected chi connectivity index (χ3v) is 6.65. The minimum Gasteiger partial charge on any atom is -0.358 e. The number of H-pyrrole nitrogens is 2. The fraction of sp³-hybridized carbons (Fsp3) is 0.156. The minimum atomic E-state index is -0.269. The number of pyridine rings is 2. The quantitative estimate of drug-likeness (QED) is 0.208. The molecule has 2 aromatic carbocycles. The molecule has 0 saturated heterocycles. The number of anilines is 1. The van der Waals surface area contributed by atoms with Crippen LogP contribution in [-0.4, -0.2) is 25.1 Å². The molecule has 0 fully saturated rings. The zero-order chi connectivity index (χ0) is 27.1. The van der Waals surface area contributed by atoms with Gasteiger partial charge in [0, 0.05) is 40.0 Å². The maximum atomic E-state index is 14.6. The number of hydrogen-bond donors (Lipinski definition) is 3. The van der Waals surface area contributed by atoms with E-state index in [0.717, 1.165) is 62.2 Å². The first kappa shape index (κ1) is 24.6. The van der Waals surface area contributed by atoms with Gasteiger partial charge in [-0.15, -0.1) is 0 Å². The lowest BCUT2D eigenvalue weighted by Crippen LogP contribution is -2.10. The number of allylic oxidation sites excluding steroid dienone is 1. The lowest BCUT2D eigenvalue weighted by molar-refractivity contribution is 0.411. The monoisotopic (exact) mass is 516 g/mol. The maximum absolute atomic E-state index is 14.6. The highest BCUT2D eigenvalue weighted by molar-refractivity contribution is 6.00. The van der Waals surface area contributed by atoms with Crippen LogP contribution in [0, 0.1) is 11.2 Å². The fourth-order valence-corrected chi connectivity index (χ4v) is 5.02. The fourth-order valence-electron chi connectivity index (χ4n) is 5.02. The Morgan fingerprint density at radius 1 is 0.949 bits per heavy atom. The van der Waals surface area contributed by atoms with Crippen molar-refractivity contribution in [3.8, 4) is 33.6 Å². The Balaban J connectivity index is 1.37. The third kappa shape index (κ3) is 4.91. The normalized spacial score (nSPS) is 11.8. The second kappa shape index (κ2) is 9.51. The van der Waals surface area contributed by atoms with Gasteiger partial charge in [-0.3, -0.25) is 10.1 Å². The van der Waals surface area contributed by atoms with Gasteiger partial charge in [-0.1, -0.05) is 51.6 Å². The number of nitrogens with zero attached hydrogens (tertiary/aromatic N) is 3. The smallest absolute Gasteiger partial charge is 0.138 e. The van der Waals surface area contributed by atoms with Gasteiger partial charge < -0.3 is 10.3 Å². The van der Waals surface area contributed by atoms with E-state index in [0.29, 0.717) is 11.2 Å². The topological polar surface area (TPSA) is 82.3 Å². The molecule has 3 N–H and O–H groups in total. The zero-order valence-electron chi connectivity index (χ0n) is 22.1. The third-order valence-electron chi connectivity index (χ3n) is 6.65. The molecule has 0 spiro atoms. The summed E-state index contributed by atoms with van der Waals surface area (Å²) in [6.07, 6.45) is 6.21. The number of nitrogens with one attached hydrogen (secondary N) is 3. The van der Waals surface area contributed by atoms with Crippen molar-refractivity contribution >= 4 is 27.6 Å². The van der Waals surface area contributed by atoms with Crippen LogP contribution in [0.1, 0.15) is 27.2 Å². The minimum absolute atomic E-state index is 0.145. The van der Waals surface area contributed by atoms with Gasteiger partial charge in [0.15, 0.2) is 0 Å². The van der Waals surface area contributed by atoms with Gasteiger partial charge in [-0.2, -0.15) is 5.10 Å². The second-order valence-corrected chi connectivity index (χ2v) is 11.0. The van der Waals surface area contributed by atoms with E-state index < -0.39 is 0 Å². The summed E-state index contributed by atoms with van der Waals surface area (Å²) in [5.74, 6) is -0.269. The molecule has 7 heteroatoms. The summed E-state index contributed by atoms with van der Waals surface area (Å²) < 4.78 is 14.6. The summed E-state index contributed by atoms with van der Waals surface area (Å²) in [6.45, 7) is 10.8. The van der Waals surface area contributed by atoms with E-state index >= 15 is 0 Å². The molecule has 4 aromatic heterocycles. The van der Waals surface area contributed by atoms with E-state index in [9.17, 15) is 4.39 Å². The van der Waals surface area contributed by atoms with E-state index in [4.69, 9.17) is 0 Å². The Morgan fingerprint density at radius 3 is 2.62 bits per heavy atom. The predicted molar refractivity (Wildman–Crippen MR) is 157 cm³/mol.